The number of hydrogen-bond acceptors (Lipinski definition) is 4. The van der Waals surface area contributed by atoms with E-state index >= 15 is 0 Å². The minimum absolute atomic E-state index is 0.539. The molecule has 1 rings (SSSR count). The molecule has 1 aromatic rings. The van der Waals surface area contributed by atoms with E-state index in [1.54, 1.807) is 0 Å². The molecule has 1 heterocycles. The maximum Gasteiger partial charge on any atom is 0.409 e. The predicted octanol–water partition coefficient (Wildman–Crippen LogP) is 1.10. The van der Waals surface area contributed by atoms with Crippen molar-refractivity contribution in [2.75, 3.05) is 7.05 Å². The quantitative estimate of drug-likeness (QED) is 0.870. The second-order valence-electron chi connectivity index (χ2n) is 4.65. The molecule has 0 aliphatic carbocycles. The third kappa shape index (κ3) is 3.35. The van der Waals surface area contributed by atoms with Crippen LogP contribution in [-0.2, 0) is 11.8 Å². The van der Waals surface area contributed by atoms with Crippen molar-refractivity contribution in [2.45, 2.75) is 25.2 Å². The molecule has 0 aliphatic rings. The molecule has 0 fully saturated rings. The predicted molar refractivity (Wildman–Crippen MR) is 67.0 cm³/mol. The van der Waals surface area contributed by atoms with Crippen LogP contribution in [0.25, 0.3) is 0 Å². The number of carboxylic acids is 1. The van der Waals surface area contributed by atoms with E-state index in [1.807, 2.05) is 0 Å². The molecule has 1 aromatic heterocycles. The Morgan fingerprint density at radius 1 is 1.43 bits per heavy atom. The zero-order chi connectivity index (χ0) is 16.5. The van der Waals surface area contributed by atoms with Crippen LogP contribution >= 0.6 is 0 Å². The molecule has 1 unspecified atom stereocenters. The van der Waals surface area contributed by atoms with Crippen molar-refractivity contribution in [2.24, 2.45) is 7.05 Å². The summed E-state index contributed by atoms with van der Waals surface area (Å²) in [4.78, 5) is 22.8. The highest BCUT2D eigenvalue weighted by Gasteiger charge is 2.48. The van der Waals surface area contributed by atoms with Crippen molar-refractivity contribution in [1.82, 2.24) is 9.47 Å². The zero-order valence-electron chi connectivity index (χ0n) is 11.5. The molecular weight excluding hydrogens is 293 g/mol. The summed E-state index contributed by atoms with van der Waals surface area (Å²) in [6, 6.07) is -2.97. The van der Waals surface area contributed by atoms with Gasteiger partial charge in [-0.25, -0.2) is 0 Å². The van der Waals surface area contributed by atoms with Crippen molar-refractivity contribution in [1.29, 1.82) is 0 Å². The second-order valence-corrected chi connectivity index (χ2v) is 4.65. The molecular formula is C12H15F3N2O4. The number of aromatic nitrogens is 1. The Kier molecular flexibility index (Phi) is 4.67. The number of alkyl halides is 3. The Labute approximate surface area is 118 Å². The number of rotatable bonds is 4. The molecule has 2 N–H and O–H groups in total. The first-order chi connectivity index (χ1) is 9.48. The molecule has 21 heavy (non-hydrogen) atoms. The molecule has 0 saturated heterocycles. The smallest absolute Gasteiger partial charge is 0.409 e. The standard InChI is InChI=1S/C12H15F3N2O4/c1-6(11(20)21)17(3)10(12(13,14)15)8-9(19)7(18)4-5-16(8)2/h4-6,10,19H,1-3H3,(H,20,21)/t6-,10?/m1/s1. The number of aliphatic carboxylic acids is 1. The van der Waals surface area contributed by atoms with E-state index in [4.69, 9.17) is 5.11 Å². The summed E-state index contributed by atoms with van der Waals surface area (Å²) < 4.78 is 40.9. The molecule has 118 valence electrons. The number of aryl methyl sites for hydroxylation is 1. The number of hydrogen-bond donors (Lipinski definition) is 2. The van der Waals surface area contributed by atoms with Crippen LogP contribution in [0.1, 0.15) is 18.7 Å². The van der Waals surface area contributed by atoms with Crippen molar-refractivity contribution < 1.29 is 28.2 Å². The highest BCUT2D eigenvalue weighted by atomic mass is 19.4. The van der Waals surface area contributed by atoms with Crippen LogP contribution in [0.5, 0.6) is 5.75 Å². The molecule has 0 amide bonds. The number of likely N-dealkylation sites (N-methyl/N-ethyl adjacent to an activating group) is 1. The van der Waals surface area contributed by atoms with Crippen LogP contribution < -0.4 is 5.43 Å². The highest BCUT2D eigenvalue weighted by Crippen LogP contribution is 2.40. The number of carboxylic acid groups (broad SMARTS) is 1. The fraction of sp³-hybridized carbons (Fsp3) is 0.500. The van der Waals surface area contributed by atoms with Gasteiger partial charge in [-0.1, -0.05) is 0 Å². The van der Waals surface area contributed by atoms with Gasteiger partial charge in [0.05, 0.1) is 5.69 Å². The molecule has 6 nitrogen and oxygen atoms in total. The third-order valence-corrected chi connectivity index (χ3v) is 3.25. The van der Waals surface area contributed by atoms with E-state index in [0.717, 1.165) is 30.8 Å². The minimum Gasteiger partial charge on any atom is -0.503 e. The van der Waals surface area contributed by atoms with E-state index in [1.165, 1.54) is 7.05 Å². The molecule has 9 heteroatoms. The maximum absolute atomic E-state index is 13.3. The molecule has 0 bridgehead atoms. The van der Waals surface area contributed by atoms with Crippen LogP contribution in [0.3, 0.4) is 0 Å². The highest BCUT2D eigenvalue weighted by molar-refractivity contribution is 5.73. The number of nitrogens with zero attached hydrogens (tertiary/aromatic N) is 2. The number of pyridine rings is 1. The van der Waals surface area contributed by atoms with Crippen molar-refractivity contribution in [3.8, 4) is 5.75 Å². The average molecular weight is 308 g/mol. The lowest BCUT2D eigenvalue weighted by Crippen LogP contribution is -2.45. The van der Waals surface area contributed by atoms with E-state index in [0.29, 0.717) is 4.90 Å². The Morgan fingerprint density at radius 3 is 2.38 bits per heavy atom. The van der Waals surface area contributed by atoms with Crippen LogP contribution in [0, 0.1) is 0 Å². The van der Waals surface area contributed by atoms with E-state index in [2.05, 4.69) is 0 Å². The lowest BCUT2D eigenvalue weighted by atomic mass is 10.1. The van der Waals surface area contributed by atoms with Crippen LogP contribution in [0.2, 0.25) is 0 Å². The van der Waals surface area contributed by atoms with Crippen molar-refractivity contribution in [3.63, 3.8) is 0 Å². The normalized spacial score (nSPS) is 15.0. The van der Waals surface area contributed by atoms with E-state index in [-0.39, 0.29) is 0 Å². The molecule has 0 aliphatic heterocycles. The first-order valence-electron chi connectivity index (χ1n) is 5.88. The van der Waals surface area contributed by atoms with Gasteiger partial charge in [0.25, 0.3) is 0 Å². The van der Waals surface area contributed by atoms with Gasteiger partial charge in [0.2, 0.25) is 5.43 Å². The van der Waals surface area contributed by atoms with E-state index < -0.39 is 41.1 Å². The molecule has 0 spiro atoms. The summed E-state index contributed by atoms with van der Waals surface area (Å²) in [5, 5.41) is 18.5. The average Bonchev–Trinajstić information content (AvgIpc) is 2.35. The minimum atomic E-state index is -4.87. The van der Waals surface area contributed by atoms with Crippen molar-refractivity contribution in [3.05, 3.63) is 28.2 Å². The van der Waals surface area contributed by atoms with Gasteiger partial charge in [0, 0.05) is 19.3 Å². The van der Waals surface area contributed by atoms with Crippen LogP contribution in [-0.4, -0.2) is 44.9 Å². The van der Waals surface area contributed by atoms with Crippen LogP contribution in [0.4, 0.5) is 13.2 Å². The number of aromatic hydroxyl groups is 1. The summed E-state index contributed by atoms with van der Waals surface area (Å²) in [7, 11) is 2.19. The van der Waals surface area contributed by atoms with Gasteiger partial charge in [-0.3, -0.25) is 14.5 Å². The Balaban J connectivity index is 3.52. The van der Waals surface area contributed by atoms with Gasteiger partial charge < -0.3 is 14.8 Å². The lowest BCUT2D eigenvalue weighted by Gasteiger charge is -2.33. The van der Waals surface area contributed by atoms with Gasteiger partial charge in [0.1, 0.15) is 6.04 Å². The van der Waals surface area contributed by atoms with E-state index in [9.17, 15) is 27.9 Å². The molecule has 2 atom stereocenters. The van der Waals surface area contributed by atoms with Gasteiger partial charge in [0.15, 0.2) is 11.8 Å². The van der Waals surface area contributed by atoms with Gasteiger partial charge in [-0.15, -0.1) is 0 Å². The molecule has 0 radical (unpaired) electrons. The monoisotopic (exact) mass is 308 g/mol. The Morgan fingerprint density at radius 2 is 1.95 bits per heavy atom. The topological polar surface area (TPSA) is 82.8 Å². The first-order valence-corrected chi connectivity index (χ1v) is 5.88. The molecule has 0 aromatic carbocycles. The molecule has 0 saturated carbocycles. The maximum atomic E-state index is 13.3. The SMILES string of the molecule is C[C@H](C(=O)O)N(C)C(c1c(O)c(=O)ccn1C)C(F)(F)F. The number of carbonyl (C=O) groups is 1. The Bertz CT molecular complexity index is 597. The lowest BCUT2D eigenvalue weighted by molar-refractivity contribution is -0.192. The summed E-state index contributed by atoms with van der Waals surface area (Å²) in [6.07, 6.45) is -3.79. The fourth-order valence-electron chi connectivity index (χ4n) is 1.93. The van der Waals surface area contributed by atoms with Gasteiger partial charge in [-0.05, 0) is 14.0 Å². The first kappa shape index (κ1) is 17.0. The van der Waals surface area contributed by atoms with Crippen molar-refractivity contribution >= 4 is 5.97 Å². The second kappa shape index (κ2) is 5.76. The summed E-state index contributed by atoms with van der Waals surface area (Å²) >= 11 is 0. The summed E-state index contributed by atoms with van der Waals surface area (Å²) in [5.41, 5.74) is -1.67. The summed E-state index contributed by atoms with van der Waals surface area (Å²) in [5.74, 6) is -2.50. The van der Waals surface area contributed by atoms with Crippen LogP contribution in [0.15, 0.2) is 17.1 Å². The third-order valence-electron chi connectivity index (χ3n) is 3.25. The number of halogens is 3. The summed E-state index contributed by atoms with van der Waals surface area (Å²) in [6.45, 7) is 1.08. The zero-order valence-corrected chi connectivity index (χ0v) is 11.5. The Hall–Kier alpha value is -2.03. The largest absolute Gasteiger partial charge is 0.503 e. The fourth-order valence-corrected chi connectivity index (χ4v) is 1.93. The van der Waals surface area contributed by atoms with Gasteiger partial charge in [-0.2, -0.15) is 13.2 Å². The van der Waals surface area contributed by atoms with Gasteiger partial charge >= 0.3 is 12.1 Å².